The van der Waals surface area contributed by atoms with Crippen LogP contribution in [0.3, 0.4) is 0 Å². The van der Waals surface area contributed by atoms with Crippen LogP contribution < -0.4 is 0 Å². The van der Waals surface area contributed by atoms with Gasteiger partial charge in [0.15, 0.2) is 6.10 Å². The SMILES string of the molecule is CC1=C2[C@@H](C)C(=O)[C@]3(C)C(O)CC4OCC4(O)C3[C@H](C)C(O)(CC1OC(=O)C(O)C(C)C=N)C2(C)C.[Ac]. The number of esters is 1. The van der Waals surface area contributed by atoms with E-state index >= 15 is 0 Å². The molecule has 4 rings (SSSR count). The third-order valence-electron chi connectivity index (χ3n) is 10.4. The number of carbonyl (C=O) groups is 2. The Kier molecular flexibility index (Phi) is 8.47. The average molecular weight is 735 g/mol. The minimum Gasteiger partial charge on any atom is -0.456 e. The van der Waals surface area contributed by atoms with Crippen LogP contribution in [0.1, 0.15) is 61.3 Å². The zero-order chi connectivity index (χ0) is 27.2. The summed E-state index contributed by atoms with van der Waals surface area (Å²) in [5.74, 6) is -4.08. The molecule has 11 atom stereocenters. The van der Waals surface area contributed by atoms with Gasteiger partial charge in [-0.2, -0.15) is 0 Å². The molecule has 0 aromatic rings. The third-order valence-corrected chi connectivity index (χ3v) is 10.4. The summed E-state index contributed by atoms with van der Waals surface area (Å²) < 4.78 is 11.3. The molecule has 1 aliphatic heterocycles. The number of hydrogen-bond acceptors (Lipinski definition) is 9. The van der Waals surface area contributed by atoms with Gasteiger partial charge in [-0.25, -0.2) is 4.79 Å². The van der Waals surface area contributed by atoms with Crippen LogP contribution in [-0.2, 0) is 19.1 Å². The van der Waals surface area contributed by atoms with E-state index < -0.39 is 76.1 Å². The predicted octanol–water partition coefficient (Wildman–Crippen LogP) is 1.39. The number of carbonyl (C=O) groups excluding carboxylic acids is 2. The van der Waals surface area contributed by atoms with Gasteiger partial charge in [0.05, 0.1) is 29.8 Å². The van der Waals surface area contributed by atoms with E-state index in [4.69, 9.17) is 14.9 Å². The van der Waals surface area contributed by atoms with Crippen molar-refractivity contribution in [3.8, 4) is 0 Å². The van der Waals surface area contributed by atoms with Gasteiger partial charge in [-0.1, -0.05) is 34.6 Å². The molecule has 1 radical (unpaired) electrons. The Bertz CT molecular complexity index is 1010. The number of aliphatic hydroxyl groups is 4. The van der Waals surface area contributed by atoms with Gasteiger partial charge < -0.3 is 35.3 Å². The number of Topliss-reactive ketones (excluding diaryl/α,β-unsaturated/α-hetero) is 1. The van der Waals surface area contributed by atoms with E-state index in [0.717, 1.165) is 6.21 Å². The average Bonchev–Trinajstić information content (AvgIpc) is 2.81. The van der Waals surface area contributed by atoms with E-state index in [0.29, 0.717) is 11.1 Å². The molecule has 8 unspecified atom stereocenters. The first-order valence-electron chi connectivity index (χ1n) is 12.9. The summed E-state index contributed by atoms with van der Waals surface area (Å²) in [4.78, 5) is 27.0. The fraction of sp³-hybridized carbons (Fsp3) is 0.815. The smallest absolute Gasteiger partial charge is 0.336 e. The van der Waals surface area contributed by atoms with E-state index in [2.05, 4.69) is 0 Å². The second-order valence-corrected chi connectivity index (χ2v) is 12.4. The van der Waals surface area contributed by atoms with Gasteiger partial charge >= 0.3 is 5.97 Å². The number of rotatable bonds is 4. The number of hydrogen-bond donors (Lipinski definition) is 5. The first-order chi connectivity index (χ1) is 16.5. The minimum absolute atomic E-state index is 0. The van der Waals surface area contributed by atoms with Gasteiger partial charge in [0.25, 0.3) is 0 Å². The number of ether oxygens (including phenoxy) is 2. The Morgan fingerprint density at radius 2 is 1.84 bits per heavy atom. The van der Waals surface area contributed by atoms with Crippen molar-refractivity contribution in [1.82, 2.24) is 0 Å². The van der Waals surface area contributed by atoms with Gasteiger partial charge in [-0.15, -0.1) is 0 Å². The zero-order valence-electron chi connectivity index (χ0n) is 22.8. The van der Waals surface area contributed by atoms with Crippen LogP contribution in [-0.4, -0.2) is 80.6 Å². The van der Waals surface area contributed by atoms with E-state index in [1.54, 1.807) is 27.7 Å². The monoisotopic (exact) mass is 734 g/mol. The van der Waals surface area contributed by atoms with Crippen LogP contribution in [0.5, 0.6) is 0 Å². The molecule has 3 aliphatic carbocycles. The fourth-order valence-electron chi connectivity index (χ4n) is 8.13. The van der Waals surface area contributed by atoms with Crippen LogP contribution >= 0.6 is 0 Å². The van der Waals surface area contributed by atoms with E-state index in [9.17, 15) is 30.0 Å². The van der Waals surface area contributed by atoms with Gasteiger partial charge in [0, 0.05) is 86.3 Å². The maximum absolute atomic E-state index is 14.2. The predicted molar refractivity (Wildman–Crippen MR) is 130 cm³/mol. The molecular formula is C27H41AcNO8. The molecule has 1 saturated heterocycles. The second kappa shape index (κ2) is 10.0. The van der Waals surface area contributed by atoms with Gasteiger partial charge in [0.1, 0.15) is 17.5 Å². The van der Waals surface area contributed by atoms with E-state index in [1.165, 1.54) is 6.92 Å². The van der Waals surface area contributed by atoms with Crippen molar-refractivity contribution in [2.45, 2.75) is 96.9 Å². The topological polar surface area (TPSA) is 157 Å². The van der Waals surface area contributed by atoms with Crippen molar-refractivity contribution in [3.05, 3.63) is 11.1 Å². The number of aliphatic hydroxyl groups excluding tert-OH is 2. The summed E-state index contributed by atoms with van der Waals surface area (Å²) in [5, 5.41) is 53.2. The standard InChI is InChI=1S/C27H41NO8.Ac/c1-12(10-28)20(30)23(32)36-16-9-27(34)15(4)21-25(7,17(29)8-18-26(21,33)11-35-18)22(31)14(3)19(13(16)2)24(27,5)6;/h10,12,14-18,20-21,28-30,33-34H,8-9,11H2,1-7H3;/t12?,14-,15+,16?,17?,18?,20?,21?,25-,26?,27?;/m1./s1. The van der Waals surface area contributed by atoms with Crippen molar-refractivity contribution >= 4 is 18.0 Å². The fourth-order valence-corrected chi connectivity index (χ4v) is 8.13. The molecule has 10 heteroatoms. The summed E-state index contributed by atoms with van der Waals surface area (Å²) in [6, 6.07) is 0. The Hall–Kier alpha value is -0.208. The van der Waals surface area contributed by atoms with Crippen LogP contribution in [0.4, 0.5) is 0 Å². The minimum atomic E-state index is -1.53. The molecule has 0 amide bonds. The van der Waals surface area contributed by atoms with Gasteiger partial charge in [-0.3, -0.25) is 4.79 Å². The molecule has 4 aliphatic rings. The van der Waals surface area contributed by atoms with Gasteiger partial charge in [0.2, 0.25) is 0 Å². The van der Waals surface area contributed by atoms with Crippen molar-refractivity contribution < 1.29 is 83.6 Å². The molecule has 5 N–H and O–H groups in total. The largest absolute Gasteiger partial charge is 0.456 e. The molecule has 1 heterocycles. The van der Waals surface area contributed by atoms with E-state index in [1.807, 2.05) is 13.8 Å². The van der Waals surface area contributed by atoms with Gasteiger partial charge in [-0.05, 0) is 30.9 Å². The summed E-state index contributed by atoms with van der Waals surface area (Å²) in [5.41, 5.74) is -3.87. The molecule has 2 saturated carbocycles. The van der Waals surface area contributed by atoms with Crippen LogP contribution in [0.25, 0.3) is 0 Å². The Balaban J connectivity index is 0.00000380. The number of ketones is 1. The first-order valence-corrected chi connectivity index (χ1v) is 12.9. The summed E-state index contributed by atoms with van der Waals surface area (Å²) in [6.07, 6.45) is -3.02. The van der Waals surface area contributed by atoms with Crippen LogP contribution in [0.15, 0.2) is 11.1 Å². The molecule has 9 nitrogen and oxygen atoms in total. The molecule has 0 spiro atoms. The molecule has 205 valence electrons. The molecule has 0 aromatic carbocycles. The molecule has 37 heavy (non-hydrogen) atoms. The summed E-state index contributed by atoms with van der Waals surface area (Å²) >= 11 is 0. The second-order valence-electron chi connectivity index (χ2n) is 12.4. The maximum Gasteiger partial charge on any atom is 0.336 e. The number of nitrogens with one attached hydrogen (secondary N) is 1. The maximum atomic E-state index is 14.2. The third kappa shape index (κ3) is 4.10. The van der Waals surface area contributed by atoms with Crippen LogP contribution in [0.2, 0.25) is 0 Å². The zero-order valence-corrected chi connectivity index (χ0v) is 27.6. The summed E-state index contributed by atoms with van der Waals surface area (Å²) in [6.45, 7) is 12.3. The van der Waals surface area contributed by atoms with Crippen molar-refractivity contribution in [1.29, 1.82) is 5.41 Å². The normalized spacial score (nSPS) is 46.1. The van der Waals surface area contributed by atoms with Crippen molar-refractivity contribution in [2.75, 3.05) is 6.61 Å². The quantitative estimate of drug-likeness (QED) is 0.165. The van der Waals surface area contributed by atoms with Crippen LogP contribution in [0, 0.1) is 84.0 Å². The Morgan fingerprint density at radius 3 is 2.35 bits per heavy atom. The molecule has 0 aromatic heterocycles. The molecule has 3 fully saturated rings. The summed E-state index contributed by atoms with van der Waals surface area (Å²) in [7, 11) is 0. The van der Waals surface area contributed by atoms with Crippen molar-refractivity contribution in [2.24, 2.45) is 34.5 Å². The number of fused-ring (bicyclic) bond motifs is 5. The Labute approximate surface area is 254 Å². The molecular weight excluding hydrogens is 693 g/mol. The molecule has 2 bridgehead atoms. The van der Waals surface area contributed by atoms with E-state index in [-0.39, 0.29) is 69.3 Å². The Morgan fingerprint density at radius 1 is 1.24 bits per heavy atom. The first kappa shape index (κ1) is 31.3. The van der Waals surface area contributed by atoms with Crippen molar-refractivity contribution in [3.63, 3.8) is 0 Å².